The molecule has 0 saturated carbocycles. The highest BCUT2D eigenvalue weighted by Gasteiger charge is 2.20. The predicted molar refractivity (Wildman–Crippen MR) is 85.8 cm³/mol. The lowest BCUT2D eigenvalue weighted by atomic mass is 10.2. The van der Waals surface area contributed by atoms with Crippen molar-refractivity contribution in [2.45, 2.75) is 25.8 Å². The molecule has 3 heterocycles. The molecular weight excluding hydrogens is 290 g/mol. The van der Waals surface area contributed by atoms with Crippen molar-refractivity contribution in [1.29, 1.82) is 0 Å². The van der Waals surface area contributed by atoms with Crippen LogP contribution in [0.2, 0.25) is 0 Å². The molecule has 3 aromatic rings. The first-order valence-corrected chi connectivity index (χ1v) is 7.79. The Labute approximate surface area is 133 Å². The summed E-state index contributed by atoms with van der Waals surface area (Å²) in [6, 6.07) is 5.79. The van der Waals surface area contributed by atoms with Gasteiger partial charge in [-0.3, -0.25) is 9.67 Å². The Bertz CT molecular complexity index is 784. The third-order valence-electron chi connectivity index (χ3n) is 3.93. The average Bonchev–Trinajstić information content (AvgIpc) is 3.26. The van der Waals surface area contributed by atoms with Gasteiger partial charge in [-0.25, -0.2) is 9.97 Å². The van der Waals surface area contributed by atoms with Gasteiger partial charge in [-0.05, 0) is 31.4 Å². The van der Waals surface area contributed by atoms with E-state index in [2.05, 4.69) is 20.6 Å². The number of hydrogen-bond acceptors (Lipinski definition) is 6. The number of nitrogens with one attached hydrogen (secondary N) is 1. The van der Waals surface area contributed by atoms with Crippen LogP contribution in [0.5, 0.6) is 0 Å². The van der Waals surface area contributed by atoms with Crippen molar-refractivity contribution < 1.29 is 0 Å². The zero-order valence-electron chi connectivity index (χ0n) is 12.7. The van der Waals surface area contributed by atoms with Gasteiger partial charge in [0.05, 0.1) is 12.7 Å². The molecule has 0 bridgehead atoms. The van der Waals surface area contributed by atoms with Crippen LogP contribution in [0, 0.1) is 0 Å². The number of pyridine rings is 1. The molecule has 1 N–H and O–H groups in total. The number of anilines is 1. The van der Waals surface area contributed by atoms with Gasteiger partial charge in [0.1, 0.15) is 11.5 Å². The van der Waals surface area contributed by atoms with E-state index in [1.807, 2.05) is 24.4 Å². The average molecular weight is 307 g/mol. The van der Waals surface area contributed by atoms with E-state index in [0.717, 1.165) is 49.6 Å². The van der Waals surface area contributed by atoms with Gasteiger partial charge in [0.2, 0.25) is 0 Å². The lowest BCUT2D eigenvalue weighted by Gasteiger charge is -2.12. The zero-order chi connectivity index (χ0) is 15.5. The van der Waals surface area contributed by atoms with Crippen molar-refractivity contribution in [3.8, 4) is 11.5 Å². The van der Waals surface area contributed by atoms with Crippen molar-refractivity contribution in [3.05, 3.63) is 48.0 Å². The minimum atomic E-state index is 0.689. The predicted octanol–water partition coefficient (Wildman–Crippen LogP) is 1.73. The second kappa shape index (κ2) is 6.12. The molecule has 0 atom stereocenters. The van der Waals surface area contributed by atoms with Crippen molar-refractivity contribution in [1.82, 2.24) is 29.9 Å². The third kappa shape index (κ3) is 2.90. The largest absolute Gasteiger partial charge is 0.368 e. The maximum atomic E-state index is 4.70. The van der Waals surface area contributed by atoms with Crippen LogP contribution >= 0.6 is 0 Å². The van der Waals surface area contributed by atoms with Crippen molar-refractivity contribution >= 4 is 5.82 Å². The molecule has 7 heteroatoms. The Morgan fingerprint density at radius 3 is 2.96 bits per heavy atom. The molecule has 23 heavy (non-hydrogen) atoms. The topological polar surface area (TPSA) is 81.4 Å². The van der Waals surface area contributed by atoms with Crippen molar-refractivity contribution in [2.24, 2.45) is 0 Å². The number of nitrogens with zero attached hydrogens (tertiary/aromatic N) is 6. The summed E-state index contributed by atoms with van der Waals surface area (Å²) in [6.07, 6.45) is 8.48. The molecule has 0 amide bonds. The number of fused-ring (bicyclic) bond motifs is 1. The fourth-order valence-electron chi connectivity index (χ4n) is 2.83. The first-order chi connectivity index (χ1) is 11.4. The van der Waals surface area contributed by atoms with Crippen LogP contribution in [0.25, 0.3) is 11.5 Å². The van der Waals surface area contributed by atoms with Gasteiger partial charge in [0.15, 0.2) is 5.82 Å². The highest BCUT2D eigenvalue weighted by Crippen LogP contribution is 2.28. The van der Waals surface area contributed by atoms with Crippen LogP contribution in [0.4, 0.5) is 5.82 Å². The number of aromatic nitrogens is 6. The standard InChI is InChI=1S/C16H17N7/c1-2-7-17-14(5-1)16-20-13-6-3-4-12(13)15(21-16)18-8-10-23-11-9-19-22-23/h1-2,5,7,9,11H,3-4,6,8,10H2,(H,18,20,21). The SMILES string of the molecule is c1ccc(-c2nc3c(c(NCCn4ccnn4)n2)CCC3)nc1. The minimum absolute atomic E-state index is 0.689. The summed E-state index contributed by atoms with van der Waals surface area (Å²) in [7, 11) is 0. The van der Waals surface area contributed by atoms with E-state index < -0.39 is 0 Å². The Morgan fingerprint density at radius 1 is 1.13 bits per heavy atom. The van der Waals surface area contributed by atoms with E-state index in [4.69, 9.17) is 9.97 Å². The van der Waals surface area contributed by atoms with E-state index in [1.54, 1.807) is 17.1 Å². The fraction of sp³-hybridized carbons (Fsp3) is 0.312. The first-order valence-electron chi connectivity index (χ1n) is 7.79. The van der Waals surface area contributed by atoms with Crippen LogP contribution in [-0.2, 0) is 19.4 Å². The van der Waals surface area contributed by atoms with Gasteiger partial charge < -0.3 is 5.32 Å². The fourth-order valence-corrected chi connectivity index (χ4v) is 2.83. The second-order valence-corrected chi connectivity index (χ2v) is 5.48. The molecule has 0 aliphatic heterocycles. The molecule has 0 fully saturated rings. The lowest BCUT2D eigenvalue weighted by molar-refractivity contribution is 0.608. The summed E-state index contributed by atoms with van der Waals surface area (Å²) in [5, 5.41) is 11.2. The molecule has 7 nitrogen and oxygen atoms in total. The molecule has 0 radical (unpaired) electrons. The molecule has 0 aromatic carbocycles. The number of rotatable bonds is 5. The van der Waals surface area contributed by atoms with Gasteiger partial charge in [0.25, 0.3) is 0 Å². The second-order valence-electron chi connectivity index (χ2n) is 5.48. The van der Waals surface area contributed by atoms with E-state index in [-0.39, 0.29) is 0 Å². The van der Waals surface area contributed by atoms with Gasteiger partial charge in [-0.1, -0.05) is 11.3 Å². The van der Waals surface area contributed by atoms with E-state index in [1.165, 1.54) is 5.56 Å². The summed E-state index contributed by atoms with van der Waals surface area (Å²) >= 11 is 0. The van der Waals surface area contributed by atoms with Crippen LogP contribution in [0.1, 0.15) is 17.7 Å². The first kappa shape index (κ1) is 13.8. The Kier molecular flexibility index (Phi) is 3.67. The van der Waals surface area contributed by atoms with Crippen molar-refractivity contribution in [2.75, 3.05) is 11.9 Å². The summed E-state index contributed by atoms with van der Waals surface area (Å²) < 4.78 is 1.80. The van der Waals surface area contributed by atoms with Gasteiger partial charge in [0, 0.05) is 30.2 Å². The normalized spacial score (nSPS) is 13.0. The molecule has 1 aliphatic rings. The number of hydrogen-bond donors (Lipinski definition) is 1. The zero-order valence-corrected chi connectivity index (χ0v) is 12.7. The van der Waals surface area contributed by atoms with Crippen molar-refractivity contribution in [3.63, 3.8) is 0 Å². The van der Waals surface area contributed by atoms with Crippen LogP contribution in [0.15, 0.2) is 36.8 Å². The summed E-state index contributed by atoms with van der Waals surface area (Å²) in [4.78, 5) is 13.8. The molecule has 4 rings (SSSR count). The number of aryl methyl sites for hydroxylation is 1. The molecule has 0 spiro atoms. The lowest BCUT2D eigenvalue weighted by Crippen LogP contribution is -2.14. The smallest absolute Gasteiger partial charge is 0.180 e. The molecular formula is C16H17N7. The highest BCUT2D eigenvalue weighted by molar-refractivity contribution is 5.57. The molecule has 3 aromatic heterocycles. The minimum Gasteiger partial charge on any atom is -0.368 e. The van der Waals surface area contributed by atoms with E-state index in [0.29, 0.717) is 5.82 Å². The third-order valence-corrected chi connectivity index (χ3v) is 3.93. The van der Waals surface area contributed by atoms with Gasteiger partial charge in [-0.15, -0.1) is 5.10 Å². The Balaban J connectivity index is 1.59. The van der Waals surface area contributed by atoms with E-state index >= 15 is 0 Å². The van der Waals surface area contributed by atoms with Crippen LogP contribution < -0.4 is 5.32 Å². The molecule has 0 saturated heterocycles. The Morgan fingerprint density at radius 2 is 2.13 bits per heavy atom. The van der Waals surface area contributed by atoms with Gasteiger partial charge in [-0.2, -0.15) is 0 Å². The summed E-state index contributed by atoms with van der Waals surface area (Å²) in [5.74, 6) is 1.61. The maximum Gasteiger partial charge on any atom is 0.180 e. The molecule has 1 aliphatic carbocycles. The highest BCUT2D eigenvalue weighted by atomic mass is 15.4. The molecule has 116 valence electrons. The quantitative estimate of drug-likeness (QED) is 0.773. The van der Waals surface area contributed by atoms with Gasteiger partial charge >= 0.3 is 0 Å². The summed E-state index contributed by atoms with van der Waals surface area (Å²) in [6.45, 7) is 1.49. The monoisotopic (exact) mass is 307 g/mol. The molecule has 0 unspecified atom stereocenters. The maximum absolute atomic E-state index is 4.70. The van der Waals surface area contributed by atoms with Crippen LogP contribution in [0.3, 0.4) is 0 Å². The summed E-state index contributed by atoms with van der Waals surface area (Å²) in [5.41, 5.74) is 3.19. The Hall–Kier alpha value is -2.83. The van der Waals surface area contributed by atoms with E-state index in [9.17, 15) is 0 Å². The van der Waals surface area contributed by atoms with Crippen LogP contribution in [-0.4, -0.2) is 36.5 Å².